The van der Waals surface area contributed by atoms with Gasteiger partial charge in [-0.1, -0.05) is 11.6 Å². The van der Waals surface area contributed by atoms with Gasteiger partial charge < -0.3 is 5.73 Å². The summed E-state index contributed by atoms with van der Waals surface area (Å²) in [4.78, 5) is 0. The fourth-order valence-corrected chi connectivity index (χ4v) is 2.31. The van der Waals surface area contributed by atoms with Crippen LogP contribution in [0.4, 0.5) is 0 Å². The van der Waals surface area contributed by atoms with E-state index in [4.69, 9.17) is 5.73 Å². The number of halogens is 1. The molecular weight excluding hydrogens is 232 g/mol. The molecule has 1 saturated carbocycles. The lowest BCUT2D eigenvalue weighted by Gasteiger charge is -2.31. The summed E-state index contributed by atoms with van der Waals surface area (Å²) in [6.07, 6.45) is 3.78. The third kappa shape index (κ3) is 1.50. The number of hydrogen-bond acceptors (Lipinski definition) is 3. The van der Waals surface area contributed by atoms with E-state index < -0.39 is 0 Å². The molecule has 0 aliphatic heterocycles. The SMILES string of the molecule is Cn1nnc(Br)c1C(N)C1CCC1. The number of hydrogen-bond donors (Lipinski definition) is 1. The Morgan fingerprint density at radius 3 is 2.69 bits per heavy atom. The smallest absolute Gasteiger partial charge is 0.153 e. The van der Waals surface area contributed by atoms with Crippen molar-refractivity contribution in [1.29, 1.82) is 0 Å². The van der Waals surface area contributed by atoms with Crippen LogP contribution in [0.25, 0.3) is 0 Å². The van der Waals surface area contributed by atoms with Gasteiger partial charge in [0, 0.05) is 7.05 Å². The number of nitrogens with two attached hydrogens (primary N) is 1. The molecule has 0 bridgehead atoms. The quantitative estimate of drug-likeness (QED) is 0.856. The average molecular weight is 245 g/mol. The van der Waals surface area contributed by atoms with E-state index in [1.165, 1.54) is 19.3 Å². The van der Waals surface area contributed by atoms with E-state index in [2.05, 4.69) is 26.2 Å². The molecule has 1 unspecified atom stereocenters. The van der Waals surface area contributed by atoms with Crippen molar-refractivity contribution in [2.24, 2.45) is 18.7 Å². The Hall–Kier alpha value is -0.420. The summed E-state index contributed by atoms with van der Waals surface area (Å²) < 4.78 is 2.54. The van der Waals surface area contributed by atoms with Gasteiger partial charge in [-0.2, -0.15) is 0 Å². The number of aryl methyl sites for hydroxylation is 1. The highest BCUT2D eigenvalue weighted by molar-refractivity contribution is 9.10. The molecule has 13 heavy (non-hydrogen) atoms. The highest BCUT2D eigenvalue weighted by Gasteiger charge is 2.29. The third-order valence-electron chi connectivity index (χ3n) is 2.80. The van der Waals surface area contributed by atoms with Gasteiger partial charge in [0.25, 0.3) is 0 Å². The first-order valence-corrected chi connectivity index (χ1v) is 5.30. The Morgan fingerprint density at radius 1 is 1.62 bits per heavy atom. The monoisotopic (exact) mass is 244 g/mol. The molecular formula is C8H13BrN4. The molecule has 0 saturated heterocycles. The Bertz CT molecular complexity index is 286. The zero-order valence-electron chi connectivity index (χ0n) is 7.57. The molecule has 72 valence electrons. The Morgan fingerprint density at radius 2 is 2.31 bits per heavy atom. The molecule has 1 fully saturated rings. The van der Waals surface area contributed by atoms with Crippen molar-refractivity contribution in [3.63, 3.8) is 0 Å². The van der Waals surface area contributed by atoms with Crippen LogP contribution in [0.2, 0.25) is 0 Å². The summed E-state index contributed by atoms with van der Waals surface area (Å²) in [5.41, 5.74) is 7.13. The number of nitrogens with zero attached hydrogens (tertiary/aromatic N) is 3. The minimum atomic E-state index is 0.0862. The molecule has 4 nitrogen and oxygen atoms in total. The van der Waals surface area contributed by atoms with Gasteiger partial charge in [-0.15, -0.1) is 5.10 Å². The second-order valence-electron chi connectivity index (χ2n) is 3.61. The topological polar surface area (TPSA) is 56.7 Å². The van der Waals surface area contributed by atoms with E-state index in [9.17, 15) is 0 Å². The Kier molecular flexibility index (Phi) is 2.38. The van der Waals surface area contributed by atoms with Gasteiger partial charge >= 0.3 is 0 Å². The largest absolute Gasteiger partial charge is 0.322 e. The summed E-state index contributed by atoms with van der Waals surface area (Å²) in [6.45, 7) is 0. The molecule has 5 heteroatoms. The predicted octanol–water partition coefficient (Wildman–Crippen LogP) is 1.38. The molecule has 0 radical (unpaired) electrons. The van der Waals surface area contributed by atoms with Crippen LogP contribution in [0.5, 0.6) is 0 Å². The van der Waals surface area contributed by atoms with Crippen molar-refractivity contribution in [3.05, 3.63) is 10.3 Å². The van der Waals surface area contributed by atoms with E-state index in [1.807, 2.05) is 7.05 Å². The first kappa shape index (κ1) is 9.15. The molecule has 1 heterocycles. The van der Waals surface area contributed by atoms with Crippen molar-refractivity contribution in [1.82, 2.24) is 15.0 Å². The lowest BCUT2D eigenvalue weighted by molar-refractivity contribution is 0.256. The molecule has 2 rings (SSSR count). The summed E-state index contributed by atoms with van der Waals surface area (Å²) in [7, 11) is 1.88. The van der Waals surface area contributed by atoms with Crippen LogP contribution in [0, 0.1) is 5.92 Å². The zero-order chi connectivity index (χ0) is 9.42. The van der Waals surface area contributed by atoms with E-state index in [0.717, 1.165) is 10.3 Å². The van der Waals surface area contributed by atoms with Crippen LogP contribution in [0.3, 0.4) is 0 Å². The van der Waals surface area contributed by atoms with Gasteiger partial charge in [-0.05, 0) is 34.7 Å². The lowest BCUT2D eigenvalue weighted by Crippen LogP contribution is -2.28. The third-order valence-corrected chi connectivity index (χ3v) is 3.36. The maximum atomic E-state index is 6.12. The van der Waals surface area contributed by atoms with Gasteiger partial charge in [-0.3, -0.25) is 0 Å². The van der Waals surface area contributed by atoms with Gasteiger partial charge in [-0.25, -0.2) is 4.68 Å². The molecule has 1 atom stereocenters. The molecule has 1 aromatic heterocycles. The van der Waals surface area contributed by atoms with Crippen molar-refractivity contribution < 1.29 is 0 Å². The van der Waals surface area contributed by atoms with Crippen LogP contribution in [0.15, 0.2) is 4.60 Å². The van der Waals surface area contributed by atoms with Crippen LogP contribution < -0.4 is 5.73 Å². The molecule has 0 spiro atoms. The van der Waals surface area contributed by atoms with E-state index >= 15 is 0 Å². The van der Waals surface area contributed by atoms with E-state index in [1.54, 1.807) is 4.68 Å². The lowest BCUT2D eigenvalue weighted by atomic mass is 9.79. The summed E-state index contributed by atoms with van der Waals surface area (Å²) >= 11 is 3.36. The van der Waals surface area contributed by atoms with Crippen molar-refractivity contribution in [2.45, 2.75) is 25.3 Å². The predicted molar refractivity (Wildman–Crippen MR) is 53.0 cm³/mol. The average Bonchev–Trinajstić information content (AvgIpc) is 2.27. The molecule has 1 aliphatic carbocycles. The van der Waals surface area contributed by atoms with Gasteiger partial charge in [0.05, 0.1) is 11.7 Å². The summed E-state index contributed by atoms with van der Waals surface area (Å²) in [6, 6.07) is 0.0862. The van der Waals surface area contributed by atoms with Crippen LogP contribution >= 0.6 is 15.9 Å². The fourth-order valence-electron chi connectivity index (χ4n) is 1.71. The minimum Gasteiger partial charge on any atom is -0.322 e. The highest BCUT2D eigenvalue weighted by atomic mass is 79.9. The molecule has 0 aromatic carbocycles. The Balaban J connectivity index is 2.22. The van der Waals surface area contributed by atoms with E-state index in [-0.39, 0.29) is 6.04 Å². The van der Waals surface area contributed by atoms with Crippen LogP contribution in [0.1, 0.15) is 31.0 Å². The minimum absolute atomic E-state index is 0.0862. The van der Waals surface area contributed by atoms with Crippen LogP contribution in [-0.4, -0.2) is 15.0 Å². The fraction of sp³-hybridized carbons (Fsp3) is 0.750. The maximum absolute atomic E-state index is 6.12. The second kappa shape index (κ2) is 3.38. The van der Waals surface area contributed by atoms with Crippen molar-refractivity contribution >= 4 is 15.9 Å². The van der Waals surface area contributed by atoms with Crippen molar-refractivity contribution in [3.8, 4) is 0 Å². The molecule has 1 aliphatic rings. The second-order valence-corrected chi connectivity index (χ2v) is 4.36. The van der Waals surface area contributed by atoms with Gasteiger partial charge in [0.2, 0.25) is 0 Å². The first-order chi connectivity index (χ1) is 6.20. The number of rotatable bonds is 2. The normalized spacial score (nSPS) is 19.9. The standard InChI is InChI=1S/C8H13BrN4/c1-13-7(8(9)11-12-13)6(10)5-3-2-4-5/h5-6H,2-4,10H2,1H3. The highest BCUT2D eigenvalue weighted by Crippen LogP contribution is 2.37. The van der Waals surface area contributed by atoms with Crippen molar-refractivity contribution in [2.75, 3.05) is 0 Å². The Labute approximate surface area is 85.6 Å². The maximum Gasteiger partial charge on any atom is 0.153 e. The number of aromatic nitrogens is 3. The summed E-state index contributed by atoms with van der Waals surface area (Å²) in [5.74, 6) is 0.619. The van der Waals surface area contributed by atoms with Gasteiger partial charge in [0.15, 0.2) is 4.60 Å². The van der Waals surface area contributed by atoms with E-state index in [0.29, 0.717) is 5.92 Å². The van der Waals surface area contributed by atoms with Gasteiger partial charge in [0.1, 0.15) is 0 Å². The zero-order valence-corrected chi connectivity index (χ0v) is 9.16. The summed E-state index contributed by atoms with van der Waals surface area (Å²) in [5, 5.41) is 7.85. The molecule has 0 amide bonds. The molecule has 2 N–H and O–H groups in total. The molecule has 1 aromatic rings. The van der Waals surface area contributed by atoms with Crippen LogP contribution in [-0.2, 0) is 7.05 Å². The first-order valence-electron chi connectivity index (χ1n) is 4.51.